The number of halogens is 2. The maximum absolute atomic E-state index is 14.2. The van der Waals surface area contributed by atoms with Gasteiger partial charge in [0.25, 0.3) is 0 Å². The molecule has 184 valence electrons. The second kappa shape index (κ2) is 8.29. The van der Waals surface area contributed by atoms with Crippen LogP contribution in [0, 0.1) is 0 Å². The van der Waals surface area contributed by atoms with Gasteiger partial charge in [-0.3, -0.25) is 13.8 Å². The number of nitrogen functional groups attached to an aromatic ring is 1. The third-order valence-electron chi connectivity index (χ3n) is 6.14. The van der Waals surface area contributed by atoms with Crippen molar-refractivity contribution in [3.63, 3.8) is 0 Å². The molecular formula is C23H21F2N9O2. The van der Waals surface area contributed by atoms with Crippen molar-refractivity contribution in [2.24, 2.45) is 0 Å². The van der Waals surface area contributed by atoms with Crippen LogP contribution in [-0.4, -0.2) is 44.7 Å². The molecule has 0 saturated carbocycles. The first-order valence-corrected chi connectivity index (χ1v) is 11.4. The van der Waals surface area contributed by atoms with Gasteiger partial charge in [0.15, 0.2) is 17.1 Å². The monoisotopic (exact) mass is 493 g/mol. The van der Waals surface area contributed by atoms with Gasteiger partial charge in [0.1, 0.15) is 17.5 Å². The fourth-order valence-electron chi connectivity index (χ4n) is 4.43. The number of aromatic nitrogens is 8. The lowest BCUT2D eigenvalue weighted by Crippen LogP contribution is -2.25. The Balaban J connectivity index is 1.37. The van der Waals surface area contributed by atoms with Crippen molar-refractivity contribution in [1.82, 2.24) is 38.5 Å². The standard InChI is InChI=1S/C23H21F2N9O2/c1-2-32-18-20(29-22(26)34-21(18)28-19(30-34)17-4-3-9-36-17)33(23(32)35)8-7-31-12-13(11-27-31)15-6-5-14(24)10-16(15)25/h3-4,6,9-12,14H,2,5,7-8H2,1H3,(H2,26,29). The molecule has 2 N–H and O–H groups in total. The molecule has 5 aromatic rings. The van der Waals surface area contributed by atoms with Gasteiger partial charge in [-0.15, -0.1) is 5.10 Å². The van der Waals surface area contributed by atoms with Crippen molar-refractivity contribution in [2.75, 3.05) is 5.73 Å². The summed E-state index contributed by atoms with van der Waals surface area (Å²) in [5, 5.41) is 8.67. The van der Waals surface area contributed by atoms with E-state index in [1.807, 2.05) is 6.92 Å². The number of nitrogens with zero attached hydrogens (tertiary/aromatic N) is 8. The second-order valence-electron chi connectivity index (χ2n) is 8.34. The summed E-state index contributed by atoms with van der Waals surface area (Å²) in [6.45, 7) is 2.77. The number of nitrogens with two attached hydrogens (primary N) is 1. The molecule has 36 heavy (non-hydrogen) atoms. The van der Waals surface area contributed by atoms with Crippen molar-refractivity contribution in [2.45, 2.75) is 39.2 Å². The zero-order valence-corrected chi connectivity index (χ0v) is 19.2. The highest BCUT2D eigenvalue weighted by Gasteiger charge is 2.23. The summed E-state index contributed by atoms with van der Waals surface area (Å²) in [4.78, 5) is 22.3. The number of hydrogen-bond acceptors (Lipinski definition) is 7. The first-order chi connectivity index (χ1) is 17.4. The summed E-state index contributed by atoms with van der Waals surface area (Å²) in [6, 6.07) is 3.46. The molecule has 0 amide bonds. The van der Waals surface area contributed by atoms with E-state index in [1.165, 1.54) is 27.6 Å². The van der Waals surface area contributed by atoms with Crippen LogP contribution in [0.2, 0.25) is 0 Å². The van der Waals surface area contributed by atoms with Crippen molar-refractivity contribution in [3.05, 3.63) is 64.8 Å². The fourth-order valence-corrected chi connectivity index (χ4v) is 4.43. The highest BCUT2D eigenvalue weighted by atomic mass is 19.1. The SMILES string of the molecule is CCn1c(=O)n(CCn2cc(C3=CCC(F)C=C3F)cn2)c2nc(N)n3nc(-c4ccco4)nc3c21. The zero-order valence-electron chi connectivity index (χ0n) is 19.2. The molecule has 1 atom stereocenters. The average Bonchev–Trinajstić information content (AvgIpc) is 3.64. The summed E-state index contributed by atoms with van der Waals surface area (Å²) in [5.41, 5.74) is 8.01. The molecule has 0 spiro atoms. The van der Waals surface area contributed by atoms with Crippen LogP contribution in [0.3, 0.4) is 0 Å². The number of imidazole rings is 1. The van der Waals surface area contributed by atoms with Crippen LogP contribution in [0.1, 0.15) is 18.9 Å². The van der Waals surface area contributed by atoms with Gasteiger partial charge in [-0.25, -0.2) is 18.6 Å². The molecule has 1 unspecified atom stereocenters. The Morgan fingerprint density at radius 1 is 1.22 bits per heavy atom. The third-order valence-corrected chi connectivity index (χ3v) is 6.14. The van der Waals surface area contributed by atoms with E-state index in [4.69, 9.17) is 10.2 Å². The molecule has 0 fully saturated rings. The maximum atomic E-state index is 14.2. The minimum Gasteiger partial charge on any atom is -0.461 e. The summed E-state index contributed by atoms with van der Waals surface area (Å²) in [7, 11) is 0. The molecule has 0 aromatic carbocycles. The van der Waals surface area contributed by atoms with Gasteiger partial charge >= 0.3 is 5.69 Å². The maximum Gasteiger partial charge on any atom is 0.330 e. The number of anilines is 1. The van der Waals surface area contributed by atoms with Crippen molar-refractivity contribution in [3.8, 4) is 11.6 Å². The van der Waals surface area contributed by atoms with Gasteiger partial charge in [0.2, 0.25) is 11.8 Å². The molecule has 0 saturated heterocycles. The summed E-state index contributed by atoms with van der Waals surface area (Å²) in [5.74, 6) is 0.252. The molecule has 11 nitrogen and oxygen atoms in total. The van der Waals surface area contributed by atoms with Crippen molar-refractivity contribution in [1.29, 1.82) is 0 Å². The lowest BCUT2D eigenvalue weighted by molar-refractivity contribution is 0.394. The molecule has 5 heterocycles. The lowest BCUT2D eigenvalue weighted by Gasteiger charge is -2.10. The van der Waals surface area contributed by atoms with Crippen LogP contribution in [0.5, 0.6) is 0 Å². The molecule has 0 aliphatic heterocycles. The molecule has 1 aliphatic carbocycles. The zero-order chi connectivity index (χ0) is 25.0. The lowest BCUT2D eigenvalue weighted by atomic mass is 10.0. The fraction of sp³-hybridized carbons (Fsp3) is 0.261. The van der Waals surface area contributed by atoms with Crippen LogP contribution in [0.4, 0.5) is 14.7 Å². The Kier molecular flexibility index (Phi) is 5.05. The minimum absolute atomic E-state index is 0.0730. The summed E-state index contributed by atoms with van der Waals surface area (Å²) >= 11 is 0. The smallest absolute Gasteiger partial charge is 0.330 e. The van der Waals surface area contributed by atoms with Crippen LogP contribution in [0.25, 0.3) is 34.0 Å². The quantitative estimate of drug-likeness (QED) is 0.385. The topological polar surface area (TPSA) is 127 Å². The van der Waals surface area contributed by atoms with E-state index in [1.54, 1.807) is 27.6 Å². The Bertz CT molecular complexity index is 1720. The van der Waals surface area contributed by atoms with Gasteiger partial charge in [0, 0.05) is 36.8 Å². The number of alkyl halides is 1. The predicted molar refractivity (Wildman–Crippen MR) is 127 cm³/mol. The van der Waals surface area contributed by atoms with E-state index < -0.39 is 12.0 Å². The Labute approximate surface area is 201 Å². The van der Waals surface area contributed by atoms with Gasteiger partial charge in [0.05, 0.1) is 19.0 Å². The first kappa shape index (κ1) is 21.9. The van der Waals surface area contributed by atoms with Crippen LogP contribution >= 0.6 is 0 Å². The van der Waals surface area contributed by atoms with E-state index >= 15 is 0 Å². The minimum atomic E-state index is -1.32. The van der Waals surface area contributed by atoms with E-state index in [9.17, 15) is 13.6 Å². The van der Waals surface area contributed by atoms with E-state index in [0.717, 1.165) is 6.08 Å². The van der Waals surface area contributed by atoms with Crippen molar-refractivity contribution < 1.29 is 13.2 Å². The number of fused-ring (bicyclic) bond motifs is 3. The second-order valence-corrected chi connectivity index (χ2v) is 8.34. The number of rotatable bonds is 6. The van der Waals surface area contributed by atoms with Gasteiger partial charge in [-0.1, -0.05) is 6.08 Å². The highest BCUT2D eigenvalue weighted by molar-refractivity contribution is 5.88. The van der Waals surface area contributed by atoms with E-state index in [0.29, 0.717) is 52.6 Å². The molecule has 5 aromatic heterocycles. The Hall–Kier alpha value is -4.55. The number of allylic oxidation sites excluding steroid dienone is 4. The molecule has 0 radical (unpaired) electrons. The third kappa shape index (κ3) is 3.42. The molecule has 13 heteroatoms. The van der Waals surface area contributed by atoms with Crippen LogP contribution < -0.4 is 11.4 Å². The van der Waals surface area contributed by atoms with Crippen LogP contribution in [0.15, 0.2) is 58.0 Å². The predicted octanol–water partition coefficient (Wildman–Crippen LogP) is 2.98. The number of aryl methyl sites for hydroxylation is 3. The van der Waals surface area contributed by atoms with E-state index in [2.05, 4.69) is 20.2 Å². The van der Waals surface area contributed by atoms with E-state index in [-0.39, 0.29) is 24.6 Å². The Morgan fingerprint density at radius 2 is 2.08 bits per heavy atom. The normalized spacial score (nSPS) is 16.1. The molecule has 1 aliphatic rings. The summed E-state index contributed by atoms with van der Waals surface area (Å²) < 4.78 is 39.0. The number of hydrogen-bond donors (Lipinski definition) is 1. The largest absolute Gasteiger partial charge is 0.461 e. The molecular weight excluding hydrogens is 472 g/mol. The summed E-state index contributed by atoms with van der Waals surface area (Å²) in [6.07, 6.45) is 5.98. The highest BCUT2D eigenvalue weighted by Crippen LogP contribution is 2.30. The average molecular weight is 493 g/mol. The van der Waals surface area contributed by atoms with Gasteiger partial charge in [-0.2, -0.15) is 14.6 Å². The Morgan fingerprint density at radius 3 is 2.83 bits per heavy atom. The van der Waals surface area contributed by atoms with Gasteiger partial charge < -0.3 is 10.2 Å². The van der Waals surface area contributed by atoms with Crippen molar-refractivity contribution >= 4 is 28.3 Å². The van der Waals surface area contributed by atoms with Gasteiger partial charge in [-0.05, 0) is 25.1 Å². The number of furan rings is 1. The molecule has 0 bridgehead atoms. The molecule has 6 rings (SSSR count). The first-order valence-electron chi connectivity index (χ1n) is 11.4. The van der Waals surface area contributed by atoms with Crippen LogP contribution in [-0.2, 0) is 19.6 Å².